The van der Waals surface area contributed by atoms with E-state index < -0.39 is 6.10 Å². The number of aliphatic hydroxyl groups excluding tert-OH is 1. The Morgan fingerprint density at radius 1 is 1.38 bits per heavy atom. The van der Waals surface area contributed by atoms with E-state index >= 15 is 0 Å². The molecule has 24 heavy (non-hydrogen) atoms. The Labute approximate surface area is 146 Å². The molecule has 0 unspecified atom stereocenters. The molecule has 2 rings (SSSR count). The van der Waals surface area contributed by atoms with Crippen LogP contribution in [0.15, 0.2) is 24.3 Å². The van der Waals surface area contributed by atoms with Gasteiger partial charge in [0.15, 0.2) is 0 Å². The van der Waals surface area contributed by atoms with Gasteiger partial charge in [-0.3, -0.25) is 4.79 Å². The van der Waals surface area contributed by atoms with Crippen molar-refractivity contribution in [3.63, 3.8) is 0 Å². The fraction of sp³-hybridized carbons (Fsp3) is 0.412. The molecule has 0 radical (unpaired) electrons. The quantitative estimate of drug-likeness (QED) is 0.797. The molecule has 1 amide bonds. The average molecular weight is 352 g/mol. The van der Waals surface area contributed by atoms with Crippen LogP contribution >= 0.6 is 11.6 Å². The lowest BCUT2D eigenvalue weighted by atomic mass is 10.1. The molecule has 2 N–H and O–H groups in total. The van der Waals surface area contributed by atoms with Gasteiger partial charge in [-0.2, -0.15) is 5.10 Å². The van der Waals surface area contributed by atoms with E-state index in [1.165, 1.54) is 7.11 Å². The Morgan fingerprint density at radius 2 is 2.04 bits per heavy atom. The van der Waals surface area contributed by atoms with Crippen LogP contribution in [0.3, 0.4) is 0 Å². The molecule has 1 aromatic heterocycles. The Kier molecular flexibility index (Phi) is 6.36. The van der Waals surface area contributed by atoms with Gasteiger partial charge in [-0.1, -0.05) is 11.6 Å². The second kappa shape index (κ2) is 8.28. The van der Waals surface area contributed by atoms with Crippen LogP contribution in [0.5, 0.6) is 0 Å². The lowest BCUT2D eigenvalue weighted by molar-refractivity contribution is -0.121. The van der Waals surface area contributed by atoms with Crippen LogP contribution in [-0.4, -0.2) is 47.2 Å². The number of carbonyl (C=O) groups is 1. The Balaban J connectivity index is 2.08. The molecule has 130 valence electrons. The van der Waals surface area contributed by atoms with Gasteiger partial charge in [0.2, 0.25) is 5.91 Å². The van der Waals surface area contributed by atoms with Gasteiger partial charge in [-0.05, 0) is 38.1 Å². The van der Waals surface area contributed by atoms with Gasteiger partial charge in [-0.15, -0.1) is 0 Å². The minimum absolute atomic E-state index is 0.160. The Hall–Kier alpha value is -1.89. The van der Waals surface area contributed by atoms with Crippen LogP contribution in [0.4, 0.5) is 0 Å². The molecular weight excluding hydrogens is 330 g/mol. The number of hydrogen-bond acceptors (Lipinski definition) is 4. The van der Waals surface area contributed by atoms with Crippen LogP contribution in [0, 0.1) is 13.8 Å². The molecule has 0 bridgehead atoms. The Morgan fingerprint density at radius 3 is 2.67 bits per heavy atom. The summed E-state index contributed by atoms with van der Waals surface area (Å²) in [5.41, 5.74) is 3.48. The zero-order valence-corrected chi connectivity index (χ0v) is 14.8. The van der Waals surface area contributed by atoms with Crippen molar-refractivity contribution in [2.24, 2.45) is 0 Å². The zero-order chi connectivity index (χ0) is 17.7. The highest BCUT2D eigenvalue weighted by Gasteiger charge is 2.16. The molecule has 0 spiro atoms. The van der Waals surface area contributed by atoms with Gasteiger partial charge in [0.25, 0.3) is 0 Å². The predicted octanol–water partition coefficient (Wildman–Crippen LogP) is 1.81. The fourth-order valence-electron chi connectivity index (χ4n) is 2.47. The van der Waals surface area contributed by atoms with Crippen molar-refractivity contribution < 1.29 is 14.6 Å². The second-order valence-electron chi connectivity index (χ2n) is 5.63. The summed E-state index contributed by atoms with van der Waals surface area (Å²) in [5.74, 6) is -0.160. The highest BCUT2D eigenvalue weighted by atomic mass is 35.5. The smallest absolute Gasteiger partial charge is 0.224 e. The maximum Gasteiger partial charge on any atom is 0.224 e. The van der Waals surface area contributed by atoms with Gasteiger partial charge in [0.05, 0.1) is 30.5 Å². The number of amides is 1. The van der Waals surface area contributed by atoms with Crippen molar-refractivity contribution in [3.05, 3.63) is 46.2 Å². The molecular formula is C17H22ClN3O3. The van der Waals surface area contributed by atoms with E-state index in [4.69, 9.17) is 16.3 Å². The molecule has 1 atom stereocenters. The van der Waals surface area contributed by atoms with Crippen molar-refractivity contribution in [1.29, 1.82) is 0 Å². The number of aromatic nitrogens is 2. The van der Waals surface area contributed by atoms with Crippen LogP contribution < -0.4 is 5.32 Å². The number of halogens is 1. The van der Waals surface area contributed by atoms with Crippen molar-refractivity contribution in [2.75, 3.05) is 20.3 Å². The van der Waals surface area contributed by atoms with E-state index in [1.54, 1.807) is 16.8 Å². The van der Waals surface area contributed by atoms with Gasteiger partial charge in [0.1, 0.15) is 0 Å². The van der Waals surface area contributed by atoms with Gasteiger partial charge in [0, 0.05) is 29.9 Å². The van der Waals surface area contributed by atoms with Gasteiger partial charge >= 0.3 is 0 Å². The van der Waals surface area contributed by atoms with E-state index in [9.17, 15) is 9.90 Å². The van der Waals surface area contributed by atoms with Crippen molar-refractivity contribution >= 4 is 17.5 Å². The van der Waals surface area contributed by atoms with E-state index in [2.05, 4.69) is 10.4 Å². The SMILES string of the molecule is COC[C@@H](O)CNC(=O)Cc1c(C)nn(-c2ccc(Cl)cc2)c1C. The predicted molar refractivity (Wildman–Crippen MR) is 92.6 cm³/mol. The van der Waals surface area contributed by atoms with Crippen molar-refractivity contribution in [2.45, 2.75) is 26.4 Å². The number of carbonyl (C=O) groups excluding carboxylic acids is 1. The maximum atomic E-state index is 12.1. The summed E-state index contributed by atoms with van der Waals surface area (Å²) < 4.78 is 6.63. The number of nitrogens with zero attached hydrogens (tertiary/aromatic N) is 2. The highest BCUT2D eigenvalue weighted by Crippen LogP contribution is 2.20. The lowest BCUT2D eigenvalue weighted by Gasteiger charge is -2.11. The second-order valence-corrected chi connectivity index (χ2v) is 6.06. The van der Waals surface area contributed by atoms with E-state index in [1.807, 2.05) is 26.0 Å². The average Bonchev–Trinajstić information content (AvgIpc) is 2.82. The van der Waals surface area contributed by atoms with Gasteiger partial charge in [-0.25, -0.2) is 4.68 Å². The molecule has 0 saturated heterocycles. The van der Waals surface area contributed by atoms with E-state index in [0.29, 0.717) is 5.02 Å². The third kappa shape index (κ3) is 4.56. The summed E-state index contributed by atoms with van der Waals surface area (Å²) >= 11 is 5.92. The molecule has 0 fully saturated rings. The number of benzene rings is 1. The third-order valence-corrected chi connectivity index (χ3v) is 4.00. The molecule has 0 saturated carbocycles. The monoisotopic (exact) mass is 351 g/mol. The number of ether oxygens (including phenoxy) is 1. The number of aryl methyl sites for hydroxylation is 1. The summed E-state index contributed by atoms with van der Waals surface area (Å²) in [4.78, 5) is 12.1. The molecule has 7 heteroatoms. The largest absolute Gasteiger partial charge is 0.389 e. The number of aliphatic hydroxyl groups is 1. The summed E-state index contributed by atoms with van der Waals surface area (Å²) in [6.45, 7) is 4.15. The maximum absolute atomic E-state index is 12.1. The first kappa shape index (κ1) is 18.4. The van der Waals surface area contributed by atoms with Crippen LogP contribution in [-0.2, 0) is 16.0 Å². The molecule has 1 aromatic carbocycles. The normalized spacial score (nSPS) is 12.2. The molecule has 0 aliphatic rings. The van der Waals surface area contributed by atoms with Crippen LogP contribution in [0.25, 0.3) is 5.69 Å². The molecule has 1 heterocycles. The molecule has 2 aromatic rings. The van der Waals surface area contributed by atoms with Gasteiger partial charge < -0.3 is 15.2 Å². The fourth-order valence-corrected chi connectivity index (χ4v) is 2.60. The van der Waals surface area contributed by atoms with Crippen molar-refractivity contribution in [3.8, 4) is 5.69 Å². The van der Waals surface area contributed by atoms with Crippen LogP contribution in [0.2, 0.25) is 5.02 Å². The lowest BCUT2D eigenvalue weighted by Crippen LogP contribution is -2.35. The topological polar surface area (TPSA) is 76.4 Å². The first-order chi connectivity index (χ1) is 11.4. The molecule has 0 aliphatic carbocycles. The number of rotatable bonds is 7. The zero-order valence-electron chi connectivity index (χ0n) is 14.0. The van der Waals surface area contributed by atoms with E-state index in [-0.39, 0.29) is 25.5 Å². The molecule has 6 nitrogen and oxygen atoms in total. The third-order valence-electron chi connectivity index (χ3n) is 3.74. The Bertz CT molecular complexity index is 698. The number of hydrogen-bond donors (Lipinski definition) is 2. The highest BCUT2D eigenvalue weighted by molar-refractivity contribution is 6.30. The summed E-state index contributed by atoms with van der Waals surface area (Å²) in [6.07, 6.45) is -0.497. The minimum Gasteiger partial charge on any atom is -0.389 e. The summed E-state index contributed by atoms with van der Waals surface area (Å²) in [5, 5.41) is 17.5. The van der Waals surface area contributed by atoms with Crippen molar-refractivity contribution in [1.82, 2.24) is 15.1 Å². The standard InChI is InChI=1S/C17H22ClN3O3/c1-11-16(8-17(23)19-9-15(22)10-24-3)12(2)21(20-11)14-6-4-13(18)5-7-14/h4-7,15,22H,8-10H2,1-3H3,(H,19,23)/t15-/m0/s1. The summed E-state index contributed by atoms with van der Waals surface area (Å²) in [7, 11) is 1.50. The van der Waals surface area contributed by atoms with E-state index in [0.717, 1.165) is 22.6 Å². The summed E-state index contributed by atoms with van der Waals surface area (Å²) in [6, 6.07) is 7.37. The first-order valence-electron chi connectivity index (χ1n) is 7.67. The number of methoxy groups -OCH3 is 1. The van der Waals surface area contributed by atoms with Crippen LogP contribution in [0.1, 0.15) is 17.0 Å². The number of nitrogens with one attached hydrogen (secondary N) is 1. The minimum atomic E-state index is -0.710. The first-order valence-corrected chi connectivity index (χ1v) is 8.05. The molecule has 0 aliphatic heterocycles.